The zero-order valence-electron chi connectivity index (χ0n) is 10.5. The van der Waals surface area contributed by atoms with Crippen LogP contribution in [0.1, 0.15) is 40.0 Å². The van der Waals surface area contributed by atoms with E-state index in [-0.39, 0.29) is 12.1 Å². The quantitative estimate of drug-likeness (QED) is 0.729. The van der Waals surface area contributed by atoms with E-state index in [0.29, 0.717) is 6.42 Å². The summed E-state index contributed by atoms with van der Waals surface area (Å²) in [5.41, 5.74) is 0. The lowest BCUT2D eigenvalue weighted by atomic mass is 10.2. The number of aliphatic carboxylic acids is 1. The van der Waals surface area contributed by atoms with Crippen LogP contribution in [0.3, 0.4) is 0 Å². The average molecular weight is 230 g/mol. The van der Waals surface area contributed by atoms with Crippen LogP contribution in [0.25, 0.3) is 0 Å². The van der Waals surface area contributed by atoms with Crippen molar-refractivity contribution in [3.8, 4) is 0 Å². The molecule has 0 fully saturated rings. The zero-order chi connectivity index (χ0) is 12.7. The van der Waals surface area contributed by atoms with Gasteiger partial charge in [-0.15, -0.1) is 0 Å². The highest BCUT2D eigenvalue weighted by atomic mass is 16.4. The Balaban J connectivity index is 4.34. The Morgan fingerprint density at radius 2 is 1.94 bits per heavy atom. The molecule has 0 heterocycles. The summed E-state index contributed by atoms with van der Waals surface area (Å²) in [5.74, 6) is -0.979. The summed E-state index contributed by atoms with van der Waals surface area (Å²) in [6, 6.07) is -1.00. The minimum absolute atomic E-state index is 0.107. The highest BCUT2D eigenvalue weighted by Crippen LogP contribution is 2.03. The predicted molar refractivity (Wildman–Crippen MR) is 62.4 cm³/mol. The monoisotopic (exact) mass is 230 g/mol. The van der Waals surface area contributed by atoms with Crippen molar-refractivity contribution in [3.63, 3.8) is 0 Å². The van der Waals surface area contributed by atoms with Crippen molar-refractivity contribution < 1.29 is 14.7 Å². The fourth-order valence-electron chi connectivity index (χ4n) is 1.27. The molecule has 0 saturated carbocycles. The standard InChI is InChI=1S/C11H22N2O3/c1-5-7-9(10(14)15)12-11(16)13(4)8(3)6-2/h8-9H,5-7H2,1-4H3,(H,12,16)(H,14,15)/t8?,9-/m1/s1. The SMILES string of the molecule is CCC[C@@H](NC(=O)N(C)C(C)CC)C(=O)O. The number of urea groups is 1. The number of rotatable bonds is 6. The van der Waals surface area contributed by atoms with Gasteiger partial charge in [-0.3, -0.25) is 0 Å². The summed E-state index contributed by atoms with van der Waals surface area (Å²) in [6.45, 7) is 5.80. The molecule has 5 nitrogen and oxygen atoms in total. The Morgan fingerprint density at radius 1 is 1.38 bits per heavy atom. The number of hydrogen-bond acceptors (Lipinski definition) is 2. The number of amides is 2. The molecule has 1 unspecified atom stereocenters. The number of nitrogens with zero attached hydrogens (tertiary/aromatic N) is 1. The lowest BCUT2D eigenvalue weighted by Crippen LogP contribution is -2.49. The lowest BCUT2D eigenvalue weighted by molar-refractivity contribution is -0.139. The van der Waals surface area contributed by atoms with E-state index in [1.807, 2.05) is 20.8 Å². The summed E-state index contributed by atoms with van der Waals surface area (Å²) >= 11 is 0. The van der Waals surface area contributed by atoms with Crippen LogP contribution in [-0.2, 0) is 4.79 Å². The molecule has 2 N–H and O–H groups in total. The Bertz CT molecular complexity index is 243. The highest BCUT2D eigenvalue weighted by molar-refractivity contribution is 5.82. The molecule has 0 aromatic rings. The fourth-order valence-corrected chi connectivity index (χ4v) is 1.27. The molecule has 0 aliphatic rings. The molecule has 94 valence electrons. The number of nitrogens with one attached hydrogen (secondary N) is 1. The summed E-state index contributed by atoms with van der Waals surface area (Å²) in [6.07, 6.45) is 2.02. The van der Waals surface area contributed by atoms with Gasteiger partial charge >= 0.3 is 12.0 Å². The van der Waals surface area contributed by atoms with Crippen molar-refractivity contribution in [3.05, 3.63) is 0 Å². The second-order valence-electron chi connectivity index (χ2n) is 4.00. The molecule has 0 bridgehead atoms. The van der Waals surface area contributed by atoms with E-state index in [1.165, 1.54) is 4.90 Å². The first-order chi connectivity index (χ1) is 7.43. The maximum atomic E-state index is 11.7. The van der Waals surface area contributed by atoms with E-state index in [4.69, 9.17) is 5.11 Å². The van der Waals surface area contributed by atoms with Crippen molar-refractivity contribution >= 4 is 12.0 Å². The van der Waals surface area contributed by atoms with Gasteiger partial charge in [0.2, 0.25) is 0 Å². The molecule has 0 spiro atoms. The van der Waals surface area contributed by atoms with Gasteiger partial charge in [-0.25, -0.2) is 9.59 Å². The lowest BCUT2D eigenvalue weighted by Gasteiger charge is -2.26. The van der Waals surface area contributed by atoms with Crippen LogP contribution in [-0.4, -0.2) is 41.1 Å². The maximum Gasteiger partial charge on any atom is 0.326 e. The van der Waals surface area contributed by atoms with Crippen molar-refractivity contribution in [1.82, 2.24) is 10.2 Å². The van der Waals surface area contributed by atoms with Crippen LogP contribution in [0, 0.1) is 0 Å². The molecule has 0 aliphatic heterocycles. The number of carbonyl (C=O) groups is 2. The van der Waals surface area contributed by atoms with Gasteiger partial charge in [0.1, 0.15) is 6.04 Å². The molecule has 0 aromatic heterocycles. The molecule has 5 heteroatoms. The van der Waals surface area contributed by atoms with Gasteiger partial charge in [0.05, 0.1) is 0 Å². The second kappa shape index (κ2) is 7.09. The average Bonchev–Trinajstić information content (AvgIpc) is 2.25. The Labute approximate surface area is 96.8 Å². The minimum atomic E-state index is -0.979. The topological polar surface area (TPSA) is 69.6 Å². The first-order valence-electron chi connectivity index (χ1n) is 5.70. The number of hydrogen-bond donors (Lipinski definition) is 2. The van der Waals surface area contributed by atoms with Crippen LogP contribution >= 0.6 is 0 Å². The summed E-state index contributed by atoms with van der Waals surface area (Å²) in [4.78, 5) is 24.1. The molecule has 2 atom stereocenters. The van der Waals surface area contributed by atoms with Gasteiger partial charge in [0.15, 0.2) is 0 Å². The van der Waals surface area contributed by atoms with Crippen LogP contribution in [0.15, 0.2) is 0 Å². The molecule has 16 heavy (non-hydrogen) atoms. The Kier molecular flexibility index (Phi) is 6.53. The van der Waals surface area contributed by atoms with Crippen molar-refractivity contribution in [2.75, 3.05) is 7.05 Å². The van der Waals surface area contributed by atoms with Gasteiger partial charge in [0.25, 0.3) is 0 Å². The molecule has 0 rings (SSSR count). The number of carboxylic acid groups (broad SMARTS) is 1. The molecule has 0 aliphatic carbocycles. The molecule has 2 amide bonds. The highest BCUT2D eigenvalue weighted by Gasteiger charge is 2.22. The van der Waals surface area contributed by atoms with E-state index in [0.717, 1.165) is 12.8 Å². The zero-order valence-corrected chi connectivity index (χ0v) is 10.5. The van der Waals surface area contributed by atoms with Gasteiger partial charge < -0.3 is 15.3 Å². The fraction of sp³-hybridized carbons (Fsp3) is 0.818. The molecular formula is C11H22N2O3. The summed E-state index contributed by atoms with van der Waals surface area (Å²) in [5, 5.41) is 11.4. The third kappa shape index (κ3) is 4.51. The van der Waals surface area contributed by atoms with Gasteiger partial charge in [-0.2, -0.15) is 0 Å². The number of carbonyl (C=O) groups excluding carboxylic acids is 1. The Hall–Kier alpha value is -1.26. The normalized spacial score (nSPS) is 14.0. The smallest absolute Gasteiger partial charge is 0.326 e. The molecular weight excluding hydrogens is 208 g/mol. The van der Waals surface area contributed by atoms with Crippen LogP contribution in [0.2, 0.25) is 0 Å². The van der Waals surface area contributed by atoms with Gasteiger partial charge in [0, 0.05) is 13.1 Å². The van der Waals surface area contributed by atoms with Crippen molar-refractivity contribution in [2.45, 2.75) is 52.1 Å². The van der Waals surface area contributed by atoms with Crippen LogP contribution in [0.5, 0.6) is 0 Å². The predicted octanol–water partition coefficient (Wildman–Crippen LogP) is 1.68. The largest absolute Gasteiger partial charge is 0.480 e. The van der Waals surface area contributed by atoms with E-state index >= 15 is 0 Å². The summed E-state index contributed by atoms with van der Waals surface area (Å²) in [7, 11) is 1.67. The minimum Gasteiger partial charge on any atom is -0.480 e. The van der Waals surface area contributed by atoms with Crippen molar-refractivity contribution in [2.24, 2.45) is 0 Å². The summed E-state index contributed by atoms with van der Waals surface area (Å²) < 4.78 is 0. The van der Waals surface area contributed by atoms with Crippen LogP contribution in [0.4, 0.5) is 4.79 Å². The first-order valence-corrected chi connectivity index (χ1v) is 5.70. The Morgan fingerprint density at radius 3 is 2.31 bits per heavy atom. The maximum absolute atomic E-state index is 11.7. The molecule has 0 aromatic carbocycles. The third-order valence-corrected chi connectivity index (χ3v) is 2.75. The van der Waals surface area contributed by atoms with Gasteiger partial charge in [-0.1, -0.05) is 20.3 Å². The molecule has 0 radical (unpaired) electrons. The van der Waals surface area contributed by atoms with E-state index in [1.54, 1.807) is 7.05 Å². The first kappa shape index (κ1) is 14.7. The van der Waals surface area contributed by atoms with E-state index in [9.17, 15) is 9.59 Å². The van der Waals surface area contributed by atoms with E-state index in [2.05, 4.69) is 5.32 Å². The number of carboxylic acids is 1. The van der Waals surface area contributed by atoms with Gasteiger partial charge in [-0.05, 0) is 19.8 Å². The third-order valence-electron chi connectivity index (χ3n) is 2.75. The van der Waals surface area contributed by atoms with Crippen LogP contribution < -0.4 is 5.32 Å². The second-order valence-corrected chi connectivity index (χ2v) is 4.00. The van der Waals surface area contributed by atoms with Crippen molar-refractivity contribution in [1.29, 1.82) is 0 Å². The van der Waals surface area contributed by atoms with E-state index < -0.39 is 12.0 Å². The molecule has 0 saturated heterocycles.